The summed E-state index contributed by atoms with van der Waals surface area (Å²) in [6.07, 6.45) is 0. The summed E-state index contributed by atoms with van der Waals surface area (Å²) in [5, 5.41) is 11.9. The van der Waals surface area contributed by atoms with Crippen molar-refractivity contribution in [1.82, 2.24) is 15.5 Å². The average molecular weight is 262 g/mol. The zero-order chi connectivity index (χ0) is 14.3. The van der Waals surface area contributed by atoms with E-state index in [0.29, 0.717) is 5.92 Å². The van der Waals surface area contributed by atoms with Crippen LogP contribution >= 0.6 is 0 Å². The van der Waals surface area contributed by atoms with Gasteiger partial charge in [0, 0.05) is 19.6 Å². The fraction of sp³-hybridized carbons (Fsp3) is 0.600. The monoisotopic (exact) mass is 262 g/mol. The van der Waals surface area contributed by atoms with E-state index in [1.807, 2.05) is 19.1 Å². The number of aromatic nitrogens is 2. The zero-order valence-electron chi connectivity index (χ0n) is 12.6. The van der Waals surface area contributed by atoms with Crippen LogP contribution in [0.1, 0.15) is 33.4 Å². The molecule has 1 aromatic heterocycles. The van der Waals surface area contributed by atoms with Gasteiger partial charge >= 0.3 is 0 Å². The minimum atomic E-state index is 0.651. The Balaban J connectivity index is 2.56. The van der Waals surface area contributed by atoms with Gasteiger partial charge in [-0.1, -0.05) is 26.0 Å². The molecule has 0 saturated heterocycles. The second-order valence-electron chi connectivity index (χ2n) is 5.38. The van der Waals surface area contributed by atoms with Gasteiger partial charge in [-0.2, -0.15) is 5.10 Å². The van der Waals surface area contributed by atoms with Crippen LogP contribution in [0.5, 0.6) is 0 Å². The normalized spacial score (nSPS) is 10.8. The Bertz CT molecular complexity index is 384. The molecular formula is C15H26N4. The van der Waals surface area contributed by atoms with Gasteiger partial charge in [0.05, 0.1) is 5.69 Å². The van der Waals surface area contributed by atoms with E-state index >= 15 is 0 Å². The number of anilines is 1. The Hall–Kier alpha value is -1.42. The molecule has 0 bridgehead atoms. The molecule has 0 fully saturated rings. The molecule has 0 radical (unpaired) electrons. The van der Waals surface area contributed by atoms with Crippen LogP contribution in [0.15, 0.2) is 24.3 Å². The summed E-state index contributed by atoms with van der Waals surface area (Å²) in [7, 11) is 0. The molecule has 1 rings (SSSR count). The molecule has 0 aromatic carbocycles. The summed E-state index contributed by atoms with van der Waals surface area (Å²) in [6.45, 7) is 16.0. The van der Waals surface area contributed by atoms with Gasteiger partial charge in [0.15, 0.2) is 5.82 Å². The molecule has 0 aliphatic heterocycles. The Morgan fingerprint density at radius 1 is 1.37 bits per heavy atom. The maximum Gasteiger partial charge on any atom is 0.151 e. The summed E-state index contributed by atoms with van der Waals surface area (Å²) >= 11 is 0. The minimum absolute atomic E-state index is 0.651. The van der Waals surface area contributed by atoms with E-state index in [1.165, 1.54) is 0 Å². The number of likely N-dealkylation sites (N-methyl/N-ethyl adjacent to an activating group) is 1. The molecule has 0 amide bonds. The van der Waals surface area contributed by atoms with Crippen molar-refractivity contribution in [2.75, 3.05) is 24.5 Å². The largest absolute Gasteiger partial charge is 0.351 e. The molecule has 0 unspecified atom stereocenters. The first-order valence-corrected chi connectivity index (χ1v) is 6.95. The third kappa shape index (κ3) is 5.83. The van der Waals surface area contributed by atoms with Crippen molar-refractivity contribution < 1.29 is 0 Å². The third-order valence-electron chi connectivity index (χ3n) is 2.73. The third-order valence-corrected chi connectivity index (χ3v) is 2.73. The molecule has 1 N–H and O–H groups in total. The smallest absolute Gasteiger partial charge is 0.151 e. The summed E-state index contributed by atoms with van der Waals surface area (Å²) in [6, 6.07) is 4.07. The second kappa shape index (κ2) is 7.89. The van der Waals surface area contributed by atoms with Crippen LogP contribution in [-0.4, -0.2) is 29.8 Å². The Morgan fingerprint density at radius 2 is 2.11 bits per heavy atom. The number of rotatable bonds is 8. The van der Waals surface area contributed by atoms with E-state index in [0.717, 1.165) is 43.3 Å². The quantitative estimate of drug-likeness (QED) is 0.731. The predicted molar refractivity (Wildman–Crippen MR) is 81.3 cm³/mol. The van der Waals surface area contributed by atoms with Crippen molar-refractivity contribution in [3.05, 3.63) is 30.0 Å². The van der Waals surface area contributed by atoms with Gasteiger partial charge < -0.3 is 10.2 Å². The highest BCUT2D eigenvalue weighted by Crippen LogP contribution is 2.10. The van der Waals surface area contributed by atoms with E-state index in [1.54, 1.807) is 0 Å². The molecule has 0 aliphatic rings. The first kappa shape index (κ1) is 15.6. The summed E-state index contributed by atoms with van der Waals surface area (Å²) in [5.74, 6) is 1.57. The molecule has 4 heteroatoms. The van der Waals surface area contributed by atoms with Gasteiger partial charge in [-0.15, -0.1) is 5.10 Å². The topological polar surface area (TPSA) is 41.0 Å². The lowest BCUT2D eigenvalue weighted by molar-refractivity contribution is 0.546. The number of hydrogen-bond acceptors (Lipinski definition) is 4. The van der Waals surface area contributed by atoms with Crippen LogP contribution in [0.4, 0.5) is 5.82 Å². The van der Waals surface area contributed by atoms with Gasteiger partial charge in [-0.05, 0) is 38.4 Å². The SMILES string of the molecule is C=C(C)CN(CC)c1ccc(CNCC(C)C)nn1. The van der Waals surface area contributed by atoms with Crippen LogP contribution in [0.25, 0.3) is 0 Å². The Morgan fingerprint density at radius 3 is 2.58 bits per heavy atom. The van der Waals surface area contributed by atoms with Gasteiger partial charge in [0.2, 0.25) is 0 Å². The van der Waals surface area contributed by atoms with Crippen LogP contribution in [0.2, 0.25) is 0 Å². The van der Waals surface area contributed by atoms with Crippen molar-refractivity contribution in [3.8, 4) is 0 Å². The molecule has 0 saturated carbocycles. The first-order chi connectivity index (χ1) is 9.02. The summed E-state index contributed by atoms with van der Waals surface area (Å²) < 4.78 is 0. The maximum atomic E-state index is 4.30. The van der Waals surface area contributed by atoms with Gasteiger partial charge in [0.1, 0.15) is 0 Å². The zero-order valence-corrected chi connectivity index (χ0v) is 12.6. The van der Waals surface area contributed by atoms with Crippen molar-refractivity contribution in [3.63, 3.8) is 0 Å². The van der Waals surface area contributed by atoms with Crippen LogP contribution in [-0.2, 0) is 6.54 Å². The predicted octanol–water partition coefficient (Wildman–Crippen LogP) is 2.62. The van der Waals surface area contributed by atoms with E-state index in [9.17, 15) is 0 Å². The lowest BCUT2D eigenvalue weighted by Gasteiger charge is -2.21. The molecule has 0 spiro atoms. The molecule has 0 aliphatic carbocycles. The van der Waals surface area contributed by atoms with Gasteiger partial charge in [-0.25, -0.2) is 0 Å². The second-order valence-corrected chi connectivity index (χ2v) is 5.38. The van der Waals surface area contributed by atoms with E-state index in [2.05, 4.69) is 47.8 Å². The Labute approximate surface area is 116 Å². The lowest BCUT2D eigenvalue weighted by atomic mass is 10.2. The van der Waals surface area contributed by atoms with Gasteiger partial charge in [-0.3, -0.25) is 0 Å². The summed E-state index contributed by atoms with van der Waals surface area (Å²) in [4.78, 5) is 2.17. The molecule has 19 heavy (non-hydrogen) atoms. The molecule has 0 atom stereocenters. The fourth-order valence-electron chi connectivity index (χ4n) is 1.79. The Kier molecular flexibility index (Phi) is 6.50. The number of hydrogen-bond donors (Lipinski definition) is 1. The fourth-order valence-corrected chi connectivity index (χ4v) is 1.79. The highest BCUT2D eigenvalue weighted by atomic mass is 15.3. The van der Waals surface area contributed by atoms with Crippen LogP contribution < -0.4 is 10.2 Å². The van der Waals surface area contributed by atoms with Crippen molar-refractivity contribution in [2.45, 2.75) is 34.2 Å². The first-order valence-electron chi connectivity index (χ1n) is 6.95. The van der Waals surface area contributed by atoms with Gasteiger partial charge in [0.25, 0.3) is 0 Å². The molecule has 1 heterocycles. The average Bonchev–Trinajstić information content (AvgIpc) is 2.36. The number of nitrogens with one attached hydrogen (secondary N) is 1. The van der Waals surface area contributed by atoms with E-state index in [4.69, 9.17) is 0 Å². The molecular weight excluding hydrogens is 236 g/mol. The number of nitrogens with zero attached hydrogens (tertiary/aromatic N) is 3. The van der Waals surface area contributed by atoms with Crippen molar-refractivity contribution in [1.29, 1.82) is 0 Å². The molecule has 1 aromatic rings. The minimum Gasteiger partial charge on any atom is -0.351 e. The summed E-state index contributed by atoms with van der Waals surface area (Å²) in [5.41, 5.74) is 2.11. The van der Waals surface area contributed by atoms with Crippen LogP contribution in [0, 0.1) is 5.92 Å². The molecule has 106 valence electrons. The van der Waals surface area contributed by atoms with E-state index in [-0.39, 0.29) is 0 Å². The maximum absolute atomic E-state index is 4.30. The lowest BCUT2D eigenvalue weighted by Crippen LogP contribution is -2.26. The van der Waals surface area contributed by atoms with Crippen molar-refractivity contribution in [2.24, 2.45) is 5.92 Å². The van der Waals surface area contributed by atoms with Crippen molar-refractivity contribution >= 4 is 5.82 Å². The highest BCUT2D eigenvalue weighted by molar-refractivity contribution is 5.38. The molecule has 4 nitrogen and oxygen atoms in total. The highest BCUT2D eigenvalue weighted by Gasteiger charge is 2.06. The van der Waals surface area contributed by atoms with E-state index < -0.39 is 0 Å². The standard InChI is InChI=1S/C15H26N4/c1-6-19(11-13(4)5)15-8-7-14(17-18-15)10-16-9-12(2)3/h7-8,12,16H,4,6,9-11H2,1-3,5H3. The van der Waals surface area contributed by atoms with Crippen LogP contribution in [0.3, 0.4) is 0 Å².